The van der Waals surface area contributed by atoms with Gasteiger partial charge in [-0.15, -0.1) is 0 Å². The Bertz CT molecular complexity index is 447. The van der Waals surface area contributed by atoms with Crippen LogP contribution in [0.5, 0.6) is 0 Å². The van der Waals surface area contributed by atoms with E-state index < -0.39 is 0 Å². The summed E-state index contributed by atoms with van der Waals surface area (Å²) >= 11 is 3.56. The Morgan fingerprint density at radius 2 is 1.68 bits per heavy atom. The summed E-state index contributed by atoms with van der Waals surface area (Å²) in [7, 11) is 0. The summed E-state index contributed by atoms with van der Waals surface area (Å²) in [4.78, 5) is 12.6. The average Bonchev–Trinajstić information content (AvgIpc) is 2.43. The van der Waals surface area contributed by atoms with Crippen LogP contribution in [-0.2, 0) is 0 Å². The minimum Gasteiger partial charge on any atom is -0.294 e. The highest BCUT2D eigenvalue weighted by Gasteiger charge is 2.26. The van der Waals surface area contributed by atoms with Crippen molar-refractivity contribution >= 4 is 21.7 Å². The topological polar surface area (TPSA) is 17.1 Å². The van der Waals surface area contributed by atoms with E-state index in [1.165, 1.54) is 19.3 Å². The van der Waals surface area contributed by atoms with Crippen LogP contribution in [0.25, 0.3) is 0 Å². The maximum absolute atomic E-state index is 12.6. The van der Waals surface area contributed by atoms with Gasteiger partial charge >= 0.3 is 0 Å². The number of benzene rings is 1. The number of hydrogen-bond donors (Lipinski definition) is 0. The van der Waals surface area contributed by atoms with E-state index in [0.29, 0.717) is 5.78 Å². The van der Waals surface area contributed by atoms with Gasteiger partial charge in [-0.3, -0.25) is 4.79 Å². The third-order valence-corrected chi connectivity index (χ3v) is 5.77. The van der Waals surface area contributed by atoms with E-state index in [4.69, 9.17) is 0 Å². The van der Waals surface area contributed by atoms with Crippen LogP contribution in [-0.4, -0.2) is 5.78 Å². The van der Waals surface area contributed by atoms with Gasteiger partial charge in [0.25, 0.3) is 0 Å². The van der Waals surface area contributed by atoms with Gasteiger partial charge in [0.15, 0.2) is 5.78 Å². The molecule has 0 radical (unpaired) electrons. The summed E-state index contributed by atoms with van der Waals surface area (Å²) in [5, 5.41) is 0. The van der Waals surface area contributed by atoms with Gasteiger partial charge in [0.2, 0.25) is 0 Å². The Hall–Kier alpha value is -0.630. The second kappa shape index (κ2) is 6.21. The Kier molecular flexibility index (Phi) is 4.83. The summed E-state index contributed by atoms with van der Waals surface area (Å²) in [6, 6.07) is 4.07. The highest BCUT2D eigenvalue weighted by atomic mass is 79.9. The lowest BCUT2D eigenvalue weighted by atomic mass is 9.77. The molecule has 0 amide bonds. The van der Waals surface area contributed by atoms with Crippen molar-refractivity contribution in [3.8, 4) is 0 Å². The molecule has 0 bridgehead atoms. The monoisotopic (exact) mass is 322 g/mol. The molecule has 0 aromatic heterocycles. The first-order valence-electron chi connectivity index (χ1n) is 7.33. The van der Waals surface area contributed by atoms with Crippen LogP contribution in [0.15, 0.2) is 16.6 Å². The van der Waals surface area contributed by atoms with Gasteiger partial charge in [-0.1, -0.05) is 29.3 Å². The molecule has 1 aromatic rings. The second-order valence-electron chi connectivity index (χ2n) is 5.91. The fraction of sp³-hybridized carbons (Fsp3) is 0.588. The minimum absolute atomic E-state index is 0.253. The Labute approximate surface area is 124 Å². The fourth-order valence-corrected chi connectivity index (χ4v) is 3.39. The van der Waals surface area contributed by atoms with Crippen LogP contribution in [0.4, 0.5) is 0 Å². The third-order valence-electron chi connectivity index (χ3n) is 4.52. The molecule has 0 atom stereocenters. The van der Waals surface area contributed by atoms with E-state index in [2.05, 4.69) is 36.7 Å². The van der Waals surface area contributed by atoms with Crippen molar-refractivity contribution in [3.63, 3.8) is 0 Å². The smallest absolute Gasteiger partial charge is 0.165 e. The summed E-state index contributed by atoms with van der Waals surface area (Å²) in [5.41, 5.74) is 3.22. The van der Waals surface area contributed by atoms with Gasteiger partial charge in [-0.05, 0) is 68.7 Å². The molecule has 0 unspecified atom stereocenters. The fourth-order valence-electron chi connectivity index (χ4n) is 3.16. The van der Waals surface area contributed by atoms with Crippen LogP contribution >= 0.6 is 15.9 Å². The largest absolute Gasteiger partial charge is 0.294 e. The predicted molar refractivity (Wildman–Crippen MR) is 83.7 cm³/mol. The standard InChI is InChI=1S/C17H23BrO/c1-4-13-5-7-14(8-6-13)17(19)15-9-11(2)16(18)12(3)10-15/h9-10,13-14H,4-8H2,1-3H3. The first-order chi connectivity index (χ1) is 9.02. The summed E-state index contributed by atoms with van der Waals surface area (Å²) in [6.45, 7) is 6.37. The number of hydrogen-bond acceptors (Lipinski definition) is 1. The van der Waals surface area contributed by atoms with Gasteiger partial charge in [-0.25, -0.2) is 0 Å². The SMILES string of the molecule is CCC1CCC(C(=O)c2cc(C)c(Br)c(C)c2)CC1. The molecule has 104 valence electrons. The highest BCUT2D eigenvalue weighted by molar-refractivity contribution is 9.10. The molecule has 2 heteroatoms. The quantitative estimate of drug-likeness (QED) is 0.675. The lowest BCUT2D eigenvalue weighted by molar-refractivity contribution is 0.0871. The van der Waals surface area contributed by atoms with Crippen molar-refractivity contribution in [3.05, 3.63) is 33.3 Å². The van der Waals surface area contributed by atoms with Gasteiger partial charge in [0.05, 0.1) is 0 Å². The van der Waals surface area contributed by atoms with Crippen LogP contribution < -0.4 is 0 Å². The Morgan fingerprint density at radius 1 is 1.16 bits per heavy atom. The van der Waals surface area contributed by atoms with Gasteiger partial charge in [-0.2, -0.15) is 0 Å². The van der Waals surface area contributed by atoms with Crippen molar-refractivity contribution in [1.29, 1.82) is 0 Å². The molecule has 19 heavy (non-hydrogen) atoms. The maximum atomic E-state index is 12.6. The molecule has 2 rings (SSSR count). The van der Waals surface area contributed by atoms with E-state index in [1.807, 2.05) is 12.1 Å². The number of aryl methyl sites for hydroxylation is 2. The van der Waals surface area contributed by atoms with Gasteiger partial charge in [0.1, 0.15) is 0 Å². The molecule has 1 aromatic carbocycles. The summed E-state index contributed by atoms with van der Waals surface area (Å²) in [5.74, 6) is 1.45. The second-order valence-corrected chi connectivity index (χ2v) is 6.71. The third kappa shape index (κ3) is 3.28. The number of carbonyl (C=O) groups excluding carboxylic acids is 1. The molecule has 1 aliphatic rings. The van der Waals surface area contributed by atoms with E-state index in [0.717, 1.165) is 39.9 Å². The lowest BCUT2D eigenvalue weighted by Gasteiger charge is -2.27. The zero-order valence-electron chi connectivity index (χ0n) is 12.1. The molecule has 0 saturated heterocycles. The first kappa shape index (κ1) is 14.8. The van der Waals surface area contributed by atoms with E-state index in [-0.39, 0.29) is 5.92 Å². The maximum Gasteiger partial charge on any atom is 0.165 e. The molecule has 0 spiro atoms. The van der Waals surface area contributed by atoms with Crippen LogP contribution in [0.3, 0.4) is 0 Å². The lowest BCUT2D eigenvalue weighted by Crippen LogP contribution is -2.22. The molecular formula is C17H23BrO. The number of rotatable bonds is 3. The van der Waals surface area contributed by atoms with Crippen molar-refractivity contribution in [2.75, 3.05) is 0 Å². The zero-order valence-corrected chi connectivity index (χ0v) is 13.7. The van der Waals surface area contributed by atoms with Crippen molar-refractivity contribution in [1.82, 2.24) is 0 Å². The van der Waals surface area contributed by atoms with Crippen molar-refractivity contribution in [2.45, 2.75) is 52.9 Å². The van der Waals surface area contributed by atoms with Crippen LogP contribution in [0.2, 0.25) is 0 Å². The Morgan fingerprint density at radius 3 is 2.16 bits per heavy atom. The highest BCUT2D eigenvalue weighted by Crippen LogP contribution is 2.33. The van der Waals surface area contributed by atoms with E-state index in [1.54, 1.807) is 0 Å². The molecule has 0 aliphatic heterocycles. The van der Waals surface area contributed by atoms with Gasteiger partial charge < -0.3 is 0 Å². The summed E-state index contributed by atoms with van der Waals surface area (Å²) < 4.78 is 1.12. The molecule has 0 N–H and O–H groups in total. The van der Waals surface area contributed by atoms with E-state index in [9.17, 15) is 4.79 Å². The van der Waals surface area contributed by atoms with Crippen LogP contribution in [0, 0.1) is 25.7 Å². The number of Topliss-reactive ketones (excluding diaryl/α,β-unsaturated/α-hetero) is 1. The average molecular weight is 323 g/mol. The van der Waals surface area contributed by atoms with Crippen LogP contribution in [0.1, 0.15) is 60.5 Å². The molecule has 1 fully saturated rings. The summed E-state index contributed by atoms with van der Waals surface area (Å²) in [6.07, 6.45) is 5.86. The molecule has 1 aliphatic carbocycles. The molecule has 0 heterocycles. The van der Waals surface area contributed by atoms with E-state index >= 15 is 0 Å². The van der Waals surface area contributed by atoms with Crippen molar-refractivity contribution < 1.29 is 4.79 Å². The number of carbonyl (C=O) groups is 1. The molecular weight excluding hydrogens is 300 g/mol. The Balaban J connectivity index is 2.12. The molecule has 1 saturated carbocycles. The number of halogens is 1. The van der Waals surface area contributed by atoms with Gasteiger partial charge in [0, 0.05) is 16.0 Å². The predicted octanol–water partition coefficient (Wildman–Crippen LogP) is 5.47. The zero-order chi connectivity index (χ0) is 14.0. The minimum atomic E-state index is 0.253. The normalized spacial score (nSPS) is 23.4. The number of ketones is 1. The first-order valence-corrected chi connectivity index (χ1v) is 8.13. The van der Waals surface area contributed by atoms with Crippen molar-refractivity contribution in [2.24, 2.45) is 11.8 Å². The molecule has 1 nitrogen and oxygen atoms in total.